The van der Waals surface area contributed by atoms with Crippen LogP contribution in [0.2, 0.25) is 0 Å². The molecule has 0 aliphatic heterocycles. The van der Waals surface area contributed by atoms with Gasteiger partial charge >= 0.3 is 5.69 Å². The lowest BCUT2D eigenvalue weighted by Gasteiger charge is -2.00. The van der Waals surface area contributed by atoms with Crippen molar-refractivity contribution in [3.05, 3.63) is 51.3 Å². The first-order chi connectivity index (χ1) is 9.99. The van der Waals surface area contributed by atoms with E-state index in [9.17, 15) is 20.0 Å². The van der Waals surface area contributed by atoms with Crippen molar-refractivity contribution in [2.45, 2.75) is 6.92 Å². The Hall–Kier alpha value is -3.23. The smallest absolute Gasteiger partial charge is 0.319 e. The molecule has 1 heterocycles. The molecule has 2 rings (SSSR count). The van der Waals surface area contributed by atoms with Crippen LogP contribution in [0, 0.1) is 17.0 Å². The number of carbonyl (C=O) groups is 1. The molecule has 9 heteroatoms. The van der Waals surface area contributed by atoms with Crippen molar-refractivity contribution < 1.29 is 14.8 Å². The normalized spacial score (nSPS) is 10.7. The average Bonchev–Trinajstić information content (AvgIpc) is 2.92. The van der Waals surface area contributed by atoms with Crippen molar-refractivity contribution in [2.75, 3.05) is 0 Å². The van der Waals surface area contributed by atoms with Crippen LogP contribution in [0.1, 0.15) is 21.6 Å². The minimum Gasteiger partial charge on any atom is -0.507 e. The van der Waals surface area contributed by atoms with Crippen molar-refractivity contribution in [2.24, 2.45) is 5.10 Å². The van der Waals surface area contributed by atoms with Crippen LogP contribution >= 0.6 is 0 Å². The van der Waals surface area contributed by atoms with Crippen molar-refractivity contribution in [3.63, 3.8) is 0 Å². The Morgan fingerprint density at radius 2 is 2.33 bits per heavy atom. The highest BCUT2D eigenvalue weighted by atomic mass is 16.6. The zero-order valence-electron chi connectivity index (χ0n) is 10.9. The highest BCUT2D eigenvalue weighted by Crippen LogP contribution is 2.16. The zero-order chi connectivity index (χ0) is 15.4. The molecule has 1 amide bonds. The Bertz CT molecular complexity index is 722. The first kappa shape index (κ1) is 14.2. The lowest BCUT2D eigenvalue weighted by atomic mass is 10.1. The molecular formula is C12H11N5O4. The van der Waals surface area contributed by atoms with Gasteiger partial charge in [-0.1, -0.05) is 11.6 Å². The number of rotatable bonds is 4. The van der Waals surface area contributed by atoms with E-state index in [0.717, 1.165) is 11.8 Å². The molecule has 0 aliphatic carbocycles. The van der Waals surface area contributed by atoms with E-state index >= 15 is 0 Å². The number of nitrogens with zero attached hydrogens (tertiary/aromatic N) is 3. The fraction of sp³-hybridized carbons (Fsp3) is 0.0833. The highest BCUT2D eigenvalue weighted by Gasteiger charge is 2.22. The number of carbonyl (C=O) groups excluding carboxylic acids is 1. The summed E-state index contributed by atoms with van der Waals surface area (Å²) in [6.45, 7) is 1.84. The maximum atomic E-state index is 11.7. The molecule has 21 heavy (non-hydrogen) atoms. The Morgan fingerprint density at radius 3 is 3.05 bits per heavy atom. The standard InChI is InChI=1S/C12H11N5O4/c1-7-2-3-10(18)8(4-7)5-13-16-12(19)11-9(17(20)21)6-14-15-11/h2-6,18H,1H3,(H,14,15)(H,16,19)/b13-5+. The second-order valence-corrected chi connectivity index (χ2v) is 4.15. The van der Waals surface area contributed by atoms with Gasteiger partial charge < -0.3 is 5.11 Å². The van der Waals surface area contributed by atoms with Gasteiger partial charge in [-0.25, -0.2) is 5.43 Å². The molecule has 108 valence electrons. The summed E-state index contributed by atoms with van der Waals surface area (Å²) in [7, 11) is 0. The van der Waals surface area contributed by atoms with Crippen LogP contribution in [0.5, 0.6) is 5.75 Å². The number of hydrazone groups is 1. The highest BCUT2D eigenvalue weighted by molar-refractivity contribution is 5.96. The van der Waals surface area contributed by atoms with Crippen LogP contribution < -0.4 is 5.43 Å². The fourth-order valence-electron chi connectivity index (χ4n) is 1.58. The Balaban J connectivity index is 2.10. The molecule has 0 fully saturated rings. The van der Waals surface area contributed by atoms with E-state index in [-0.39, 0.29) is 11.4 Å². The Morgan fingerprint density at radius 1 is 1.57 bits per heavy atom. The van der Waals surface area contributed by atoms with Gasteiger partial charge in [-0.2, -0.15) is 10.2 Å². The van der Waals surface area contributed by atoms with Crippen molar-refractivity contribution in [1.29, 1.82) is 0 Å². The number of nitro groups is 1. The number of amides is 1. The van der Waals surface area contributed by atoms with E-state index in [1.165, 1.54) is 12.3 Å². The van der Waals surface area contributed by atoms with Crippen molar-refractivity contribution in [1.82, 2.24) is 15.6 Å². The van der Waals surface area contributed by atoms with Gasteiger partial charge in [0.1, 0.15) is 11.9 Å². The van der Waals surface area contributed by atoms with E-state index in [0.29, 0.717) is 5.56 Å². The molecule has 0 saturated heterocycles. The van der Waals surface area contributed by atoms with Crippen LogP contribution in [0.3, 0.4) is 0 Å². The zero-order valence-corrected chi connectivity index (χ0v) is 10.9. The van der Waals surface area contributed by atoms with Crippen LogP contribution in [0.15, 0.2) is 29.5 Å². The molecule has 0 bridgehead atoms. The molecule has 0 saturated carbocycles. The third-order valence-corrected chi connectivity index (χ3v) is 2.60. The summed E-state index contributed by atoms with van der Waals surface area (Å²) in [5.41, 5.74) is 2.69. The Kier molecular flexibility index (Phi) is 3.93. The number of nitrogens with one attached hydrogen (secondary N) is 2. The predicted octanol–water partition coefficient (Wildman–Crippen LogP) is 1.10. The number of aryl methyl sites for hydroxylation is 1. The van der Waals surface area contributed by atoms with E-state index in [4.69, 9.17) is 0 Å². The molecule has 0 atom stereocenters. The van der Waals surface area contributed by atoms with Gasteiger partial charge in [0.25, 0.3) is 5.91 Å². The summed E-state index contributed by atoms with van der Waals surface area (Å²) >= 11 is 0. The third-order valence-electron chi connectivity index (χ3n) is 2.60. The number of hydrogen-bond acceptors (Lipinski definition) is 6. The summed E-state index contributed by atoms with van der Waals surface area (Å²) in [5, 5.41) is 29.6. The summed E-state index contributed by atoms with van der Waals surface area (Å²) in [6, 6.07) is 4.89. The quantitative estimate of drug-likeness (QED) is 0.440. The lowest BCUT2D eigenvalue weighted by Crippen LogP contribution is -2.19. The number of aromatic nitrogens is 2. The number of aromatic hydroxyl groups is 1. The maximum Gasteiger partial charge on any atom is 0.319 e. The molecular weight excluding hydrogens is 278 g/mol. The van der Waals surface area contributed by atoms with E-state index in [2.05, 4.69) is 20.7 Å². The lowest BCUT2D eigenvalue weighted by molar-refractivity contribution is -0.385. The number of benzene rings is 1. The van der Waals surface area contributed by atoms with Gasteiger partial charge in [0.05, 0.1) is 11.1 Å². The largest absolute Gasteiger partial charge is 0.507 e. The van der Waals surface area contributed by atoms with E-state index in [1.54, 1.807) is 12.1 Å². The summed E-state index contributed by atoms with van der Waals surface area (Å²) in [4.78, 5) is 21.6. The van der Waals surface area contributed by atoms with E-state index in [1.807, 2.05) is 6.92 Å². The predicted molar refractivity (Wildman–Crippen MR) is 73.1 cm³/mol. The number of aromatic amines is 1. The van der Waals surface area contributed by atoms with Gasteiger partial charge in [-0.3, -0.25) is 20.0 Å². The first-order valence-corrected chi connectivity index (χ1v) is 5.80. The molecule has 1 aromatic carbocycles. The van der Waals surface area contributed by atoms with Gasteiger partial charge in [0.2, 0.25) is 5.69 Å². The van der Waals surface area contributed by atoms with Crippen LogP contribution in [-0.4, -0.2) is 32.3 Å². The minimum absolute atomic E-state index is 0.00567. The summed E-state index contributed by atoms with van der Waals surface area (Å²) in [5.74, 6) is -0.797. The molecule has 0 unspecified atom stereocenters. The first-order valence-electron chi connectivity index (χ1n) is 5.80. The van der Waals surface area contributed by atoms with Crippen molar-refractivity contribution >= 4 is 17.8 Å². The number of phenols is 1. The molecule has 1 aromatic heterocycles. The molecule has 3 N–H and O–H groups in total. The van der Waals surface area contributed by atoms with Gasteiger partial charge in [0, 0.05) is 5.56 Å². The van der Waals surface area contributed by atoms with Gasteiger partial charge in [-0.15, -0.1) is 0 Å². The second kappa shape index (κ2) is 5.82. The fourth-order valence-corrected chi connectivity index (χ4v) is 1.58. The third kappa shape index (κ3) is 3.21. The van der Waals surface area contributed by atoms with Crippen molar-refractivity contribution in [3.8, 4) is 5.75 Å². The van der Waals surface area contributed by atoms with Crippen LogP contribution in [0.4, 0.5) is 5.69 Å². The topological polar surface area (TPSA) is 134 Å². The minimum atomic E-state index is -0.803. The number of hydrogen-bond donors (Lipinski definition) is 3. The van der Waals surface area contributed by atoms with Crippen LogP contribution in [-0.2, 0) is 0 Å². The summed E-state index contributed by atoms with van der Waals surface area (Å²) < 4.78 is 0. The molecule has 0 spiro atoms. The second-order valence-electron chi connectivity index (χ2n) is 4.15. The maximum absolute atomic E-state index is 11.7. The monoisotopic (exact) mass is 289 g/mol. The average molecular weight is 289 g/mol. The molecule has 2 aromatic rings. The SMILES string of the molecule is Cc1ccc(O)c(/C=N/NC(=O)c2[nH]ncc2[N+](=O)[O-])c1. The van der Waals surface area contributed by atoms with E-state index < -0.39 is 16.5 Å². The van der Waals surface area contributed by atoms with Crippen LogP contribution in [0.25, 0.3) is 0 Å². The molecule has 0 aliphatic rings. The molecule has 9 nitrogen and oxygen atoms in total. The summed E-state index contributed by atoms with van der Waals surface area (Å²) in [6.07, 6.45) is 2.17. The number of H-pyrrole nitrogens is 1. The Labute approximate surface area is 118 Å². The van der Waals surface area contributed by atoms with Gasteiger partial charge in [-0.05, 0) is 19.1 Å². The molecule has 0 radical (unpaired) electrons. The number of phenolic OH excluding ortho intramolecular Hbond substituents is 1. The van der Waals surface area contributed by atoms with Gasteiger partial charge in [0.15, 0.2) is 0 Å².